The van der Waals surface area contributed by atoms with Crippen molar-refractivity contribution in [2.75, 3.05) is 45.9 Å². The number of amides is 2. The molecule has 0 unspecified atom stereocenters. The minimum Gasteiger partial charge on any atom is -0.493 e. The standard InChI is InChI=1S/C20H25Cl3N2O8/c1-30-15-8-13(18(28)25-6-3-4-12(25)10-26)14(24-19(29)33-11-20(21,22)23)9-16(15)32-7-5-17(27)31-2/h8-9,12,26H,3-7,10-11H2,1-2H3,(H,24,29)/t12-/m0/s1. The largest absolute Gasteiger partial charge is 0.493 e. The fourth-order valence-electron chi connectivity index (χ4n) is 3.20. The first-order valence-corrected chi connectivity index (χ1v) is 11.1. The number of benzene rings is 1. The van der Waals surface area contributed by atoms with E-state index in [1.54, 1.807) is 0 Å². The predicted molar refractivity (Wildman–Crippen MR) is 122 cm³/mol. The Balaban J connectivity index is 2.35. The highest BCUT2D eigenvalue weighted by molar-refractivity contribution is 6.67. The highest BCUT2D eigenvalue weighted by Crippen LogP contribution is 2.36. The summed E-state index contributed by atoms with van der Waals surface area (Å²) in [5.74, 6) is -0.543. The molecule has 1 heterocycles. The summed E-state index contributed by atoms with van der Waals surface area (Å²) in [7, 11) is 2.64. The summed E-state index contributed by atoms with van der Waals surface area (Å²) in [6.07, 6.45) is 0.389. The van der Waals surface area contributed by atoms with Crippen molar-refractivity contribution in [2.24, 2.45) is 0 Å². The summed E-state index contributed by atoms with van der Waals surface area (Å²) >= 11 is 16.8. The lowest BCUT2D eigenvalue weighted by molar-refractivity contribution is -0.141. The van der Waals surface area contributed by atoms with Gasteiger partial charge in [-0.15, -0.1) is 0 Å². The number of nitrogens with zero attached hydrogens (tertiary/aromatic N) is 1. The average Bonchev–Trinajstić information content (AvgIpc) is 3.25. The smallest absolute Gasteiger partial charge is 0.411 e. The van der Waals surface area contributed by atoms with E-state index in [9.17, 15) is 19.5 Å². The summed E-state index contributed by atoms with van der Waals surface area (Å²) in [4.78, 5) is 38.4. The molecule has 1 aromatic carbocycles. The molecule has 0 aliphatic carbocycles. The van der Waals surface area contributed by atoms with E-state index >= 15 is 0 Å². The lowest BCUT2D eigenvalue weighted by atomic mass is 10.1. The number of nitrogens with one attached hydrogen (secondary N) is 1. The molecule has 1 saturated heterocycles. The molecule has 1 fully saturated rings. The van der Waals surface area contributed by atoms with Crippen molar-refractivity contribution in [3.05, 3.63) is 17.7 Å². The minimum absolute atomic E-state index is 0.0274. The fraction of sp³-hybridized carbons (Fsp3) is 0.550. The van der Waals surface area contributed by atoms with Crippen LogP contribution in [0.15, 0.2) is 12.1 Å². The number of methoxy groups -OCH3 is 2. The van der Waals surface area contributed by atoms with E-state index in [1.807, 2.05) is 0 Å². The van der Waals surface area contributed by atoms with Crippen molar-refractivity contribution in [3.63, 3.8) is 0 Å². The highest BCUT2D eigenvalue weighted by atomic mass is 35.6. The number of esters is 1. The van der Waals surface area contributed by atoms with Gasteiger partial charge < -0.3 is 29.0 Å². The molecule has 1 aromatic rings. The van der Waals surface area contributed by atoms with Crippen LogP contribution >= 0.6 is 34.8 Å². The number of hydrogen-bond donors (Lipinski definition) is 2. The van der Waals surface area contributed by atoms with Gasteiger partial charge in [-0.2, -0.15) is 0 Å². The number of ether oxygens (including phenoxy) is 4. The second-order valence-electron chi connectivity index (χ2n) is 7.02. The first-order chi connectivity index (χ1) is 15.6. The summed E-state index contributed by atoms with van der Waals surface area (Å²) in [5.41, 5.74) is 0.130. The van der Waals surface area contributed by atoms with Gasteiger partial charge in [0.15, 0.2) is 11.5 Å². The molecular formula is C20H25Cl3N2O8. The molecule has 0 spiro atoms. The Morgan fingerprint density at radius 3 is 2.55 bits per heavy atom. The number of rotatable bonds is 9. The Morgan fingerprint density at radius 1 is 1.21 bits per heavy atom. The maximum atomic E-state index is 13.3. The molecule has 0 bridgehead atoms. The van der Waals surface area contributed by atoms with Gasteiger partial charge in [0.05, 0.1) is 51.1 Å². The van der Waals surface area contributed by atoms with Gasteiger partial charge in [0.2, 0.25) is 3.79 Å². The van der Waals surface area contributed by atoms with Crippen molar-refractivity contribution in [3.8, 4) is 11.5 Å². The first-order valence-electron chi connectivity index (χ1n) is 9.93. The molecule has 33 heavy (non-hydrogen) atoms. The maximum absolute atomic E-state index is 13.3. The number of carbonyl (C=O) groups excluding carboxylic acids is 3. The molecule has 184 valence electrons. The van der Waals surface area contributed by atoms with Crippen molar-refractivity contribution in [1.82, 2.24) is 4.90 Å². The van der Waals surface area contributed by atoms with Crippen LogP contribution in [0.1, 0.15) is 29.6 Å². The van der Waals surface area contributed by atoms with Crippen molar-refractivity contribution in [2.45, 2.75) is 29.1 Å². The molecule has 1 aliphatic heterocycles. The first kappa shape index (κ1) is 27.1. The molecule has 2 amide bonds. The summed E-state index contributed by atoms with van der Waals surface area (Å²) in [5, 5.41) is 12.0. The fourth-order valence-corrected chi connectivity index (χ4v) is 3.36. The average molecular weight is 528 g/mol. The summed E-state index contributed by atoms with van der Waals surface area (Å²) < 4.78 is 18.6. The maximum Gasteiger partial charge on any atom is 0.411 e. The summed E-state index contributed by atoms with van der Waals surface area (Å²) in [6.45, 7) is -0.303. The molecule has 10 nitrogen and oxygen atoms in total. The third-order valence-electron chi connectivity index (χ3n) is 4.78. The van der Waals surface area contributed by atoms with Crippen LogP contribution < -0.4 is 14.8 Å². The number of carbonyl (C=O) groups is 3. The van der Waals surface area contributed by atoms with Gasteiger partial charge in [-0.1, -0.05) is 34.8 Å². The Hall–Kier alpha value is -2.14. The zero-order valence-electron chi connectivity index (χ0n) is 18.1. The number of likely N-dealkylation sites (tertiary alicyclic amines) is 1. The zero-order valence-corrected chi connectivity index (χ0v) is 20.3. The third kappa shape index (κ3) is 7.99. The van der Waals surface area contributed by atoms with Crippen LogP contribution in [0, 0.1) is 0 Å². The topological polar surface area (TPSA) is 124 Å². The van der Waals surface area contributed by atoms with Crippen molar-refractivity contribution >= 4 is 58.5 Å². The van der Waals surface area contributed by atoms with Crippen molar-refractivity contribution < 1.29 is 38.4 Å². The van der Waals surface area contributed by atoms with Crippen LogP contribution in [0.5, 0.6) is 11.5 Å². The van der Waals surface area contributed by atoms with E-state index in [2.05, 4.69) is 10.1 Å². The van der Waals surface area contributed by atoms with E-state index in [0.29, 0.717) is 13.0 Å². The Kier molecular flexibility index (Phi) is 10.2. The summed E-state index contributed by atoms with van der Waals surface area (Å²) in [6, 6.07) is 2.42. The van der Waals surface area contributed by atoms with Gasteiger partial charge in [0, 0.05) is 12.6 Å². The Morgan fingerprint density at radius 2 is 1.94 bits per heavy atom. The number of halogens is 3. The van der Waals surface area contributed by atoms with Gasteiger partial charge in [-0.3, -0.25) is 14.9 Å². The molecular weight excluding hydrogens is 503 g/mol. The van der Waals surface area contributed by atoms with E-state index in [1.165, 1.54) is 31.3 Å². The van der Waals surface area contributed by atoms with E-state index in [0.717, 1.165) is 6.42 Å². The number of aliphatic hydroxyl groups excluding tert-OH is 1. The van der Waals surface area contributed by atoms with Crippen molar-refractivity contribution in [1.29, 1.82) is 0 Å². The number of aliphatic hydroxyl groups is 1. The Labute approximate surface area is 205 Å². The van der Waals surface area contributed by atoms with Crippen LogP contribution in [0.25, 0.3) is 0 Å². The quantitative estimate of drug-likeness (QED) is 0.371. The zero-order chi connectivity index (χ0) is 24.6. The van der Waals surface area contributed by atoms with Crippen LogP contribution in [0.3, 0.4) is 0 Å². The van der Waals surface area contributed by atoms with Crippen LogP contribution in [0.2, 0.25) is 0 Å². The van der Waals surface area contributed by atoms with Crippen LogP contribution in [-0.2, 0) is 14.3 Å². The van der Waals surface area contributed by atoms with E-state index in [4.69, 9.17) is 49.0 Å². The number of hydrogen-bond acceptors (Lipinski definition) is 8. The number of anilines is 1. The normalized spacial score (nSPS) is 15.7. The van der Waals surface area contributed by atoms with Gasteiger partial charge in [0.1, 0.15) is 6.61 Å². The second-order valence-corrected chi connectivity index (χ2v) is 9.53. The highest BCUT2D eigenvalue weighted by Gasteiger charge is 2.31. The van der Waals surface area contributed by atoms with Gasteiger partial charge >= 0.3 is 12.1 Å². The SMILES string of the molecule is COC(=O)CCOc1cc(NC(=O)OCC(Cl)(Cl)Cl)c(C(=O)N2CCC[C@H]2CO)cc1OC. The molecule has 2 N–H and O–H groups in total. The second kappa shape index (κ2) is 12.4. The Bertz CT molecular complexity index is 862. The third-order valence-corrected chi connectivity index (χ3v) is 5.11. The monoisotopic (exact) mass is 526 g/mol. The molecule has 2 rings (SSSR count). The van der Waals surface area contributed by atoms with Gasteiger partial charge in [0.25, 0.3) is 5.91 Å². The van der Waals surface area contributed by atoms with Crippen LogP contribution in [-0.4, -0.2) is 78.4 Å². The van der Waals surface area contributed by atoms with Gasteiger partial charge in [-0.25, -0.2) is 4.79 Å². The van der Waals surface area contributed by atoms with Crippen LogP contribution in [0.4, 0.5) is 10.5 Å². The number of alkyl halides is 3. The minimum atomic E-state index is -1.82. The molecule has 0 radical (unpaired) electrons. The lowest BCUT2D eigenvalue weighted by Gasteiger charge is -2.25. The lowest BCUT2D eigenvalue weighted by Crippen LogP contribution is -2.38. The molecule has 0 saturated carbocycles. The molecule has 1 atom stereocenters. The van der Waals surface area contributed by atoms with Gasteiger partial charge in [-0.05, 0) is 18.9 Å². The molecule has 13 heteroatoms. The van der Waals surface area contributed by atoms with E-state index in [-0.39, 0.29) is 48.4 Å². The molecule has 0 aromatic heterocycles. The van der Waals surface area contributed by atoms with E-state index < -0.39 is 28.4 Å². The molecule has 1 aliphatic rings. The predicted octanol–water partition coefficient (Wildman–Crippen LogP) is 3.15.